The molecular weight excluding hydrogens is 376 g/mol. The van der Waals surface area contributed by atoms with Crippen LogP contribution in [-0.2, 0) is 14.4 Å². The van der Waals surface area contributed by atoms with Crippen molar-refractivity contribution in [2.75, 3.05) is 9.96 Å². The fourth-order valence-corrected chi connectivity index (χ4v) is 4.40. The van der Waals surface area contributed by atoms with Crippen LogP contribution in [-0.4, -0.2) is 17.9 Å². The first-order chi connectivity index (χ1) is 14.6. The van der Waals surface area contributed by atoms with Crippen molar-refractivity contribution in [2.24, 2.45) is 5.92 Å². The molecule has 30 heavy (non-hydrogen) atoms. The predicted molar refractivity (Wildman–Crippen MR) is 115 cm³/mol. The lowest BCUT2D eigenvalue weighted by atomic mass is 9.88. The van der Waals surface area contributed by atoms with E-state index in [4.69, 9.17) is 4.84 Å². The van der Waals surface area contributed by atoms with Gasteiger partial charge in [0.05, 0.1) is 17.4 Å². The summed E-state index contributed by atoms with van der Waals surface area (Å²) in [4.78, 5) is 34.3. The molecule has 0 radical (unpaired) electrons. The molecule has 0 aromatic heterocycles. The number of rotatable bonds is 3. The number of benzene rings is 3. The van der Waals surface area contributed by atoms with Crippen LogP contribution in [0.2, 0.25) is 0 Å². The van der Waals surface area contributed by atoms with E-state index < -0.39 is 12.0 Å². The van der Waals surface area contributed by atoms with Crippen LogP contribution in [0.25, 0.3) is 0 Å². The first-order valence-electron chi connectivity index (χ1n) is 10.1. The Hall–Kier alpha value is -3.44. The van der Waals surface area contributed by atoms with Crippen LogP contribution in [0.1, 0.15) is 22.7 Å². The highest BCUT2D eigenvalue weighted by Gasteiger charge is 2.60. The minimum absolute atomic E-state index is 0.222. The fourth-order valence-electron chi connectivity index (χ4n) is 4.40. The molecule has 0 spiro atoms. The van der Waals surface area contributed by atoms with Crippen molar-refractivity contribution < 1.29 is 14.4 Å². The lowest BCUT2D eigenvalue weighted by Gasteiger charge is -2.29. The highest BCUT2D eigenvalue weighted by molar-refractivity contribution is 6.23. The average Bonchev–Trinajstić information content (AvgIpc) is 3.26. The summed E-state index contributed by atoms with van der Waals surface area (Å²) in [5.74, 6) is -1.15. The van der Waals surface area contributed by atoms with Crippen LogP contribution in [0, 0.1) is 19.8 Å². The average molecular weight is 398 g/mol. The number of amides is 2. The summed E-state index contributed by atoms with van der Waals surface area (Å²) in [7, 11) is 0. The Kier molecular flexibility index (Phi) is 4.40. The third-order valence-electron chi connectivity index (χ3n) is 5.93. The molecule has 3 atom stereocenters. The summed E-state index contributed by atoms with van der Waals surface area (Å²) in [6.45, 7) is 3.99. The van der Waals surface area contributed by atoms with E-state index in [2.05, 4.69) is 0 Å². The van der Waals surface area contributed by atoms with Crippen LogP contribution >= 0.6 is 0 Å². The molecule has 0 bridgehead atoms. The van der Waals surface area contributed by atoms with Gasteiger partial charge in [0.25, 0.3) is 5.91 Å². The predicted octanol–water partition coefficient (Wildman–Crippen LogP) is 4.35. The molecule has 0 saturated carbocycles. The number of carbonyl (C=O) groups excluding carboxylic acids is 2. The Labute approximate surface area is 175 Å². The van der Waals surface area contributed by atoms with Crippen LogP contribution in [0.4, 0.5) is 11.4 Å². The Morgan fingerprint density at radius 3 is 2.10 bits per heavy atom. The second kappa shape index (κ2) is 7.11. The van der Waals surface area contributed by atoms with Gasteiger partial charge in [-0.1, -0.05) is 60.2 Å². The zero-order chi connectivity index (χ0) is 20.8. The molecule has 5 nitrogen and oxygen atoms in total. The van der Waals surface area contributed by atoms with E-state index in [0.717, 1.165) is 22.4 Å². The molecule has 3 aromatic carbocycles. The molecule has 2 heterocycles. The van der Waals surface area contributed by atoms with Gasteiger partial charge in [-0.3, -0.25) is 14.4 Å². The number of hydrogen-bond acceptors (Lipinski definition) is 4. The van der Waals surface area contributed by atoms with Gasteiger partial charge in [0.2, 0.25) is 5.91 Å². The molecule has 0 aliphatic carbocycles. The van der Waals surface area contributed by atoms with E-state index >= 15 is 0 Å². The Morgan fingerprint density at radius 2 is 1.40 bits per heavy atom. The third kappa shape index (κ3) is 2.82. The van der Waals surface area contributed by atoms with Crippen LogP contribution in [0.15, 0.2) is 78.9 Å². The SMILES string of the molecule is Cc1ccc(N2C(=O)[C@H]3[C@H](ON(c4ccccc4)[C@@H]3c3ccccc3C)C2=O)cc1. The van der Waals surface area contributed by atoms with Gasteiger partial charge in [-0.2, -0.15) is 0 Å². The van der Waals surface area contributed by atoms with Crippen molar-refractivity contribution >= 4 is 23.2 Å². The number of hydroxylamine groups is 1. The second-order valence-corrected chi connectivity index (χ2v) is 7.86. The zero-order valence-corrected chi connectivity index (χ0v) is 16.9. The minimum atomic E-state index is -0.844. The van der Waals surface area contributed by atoms with E-state index in [0.29, 0.717) is 5.69 Å². The van der Waals surface area contributed by atoms with Gasteiger partial charge >= 0.3 is 0 Å². The van der Waals surface area contributed by atoms with E-state index in [9.17, 15) is 9.59 Å². The van der Waals surface area contributed by atoms with Crippen molar-refractivity contribution in [3.05, 3.63) is 95.6 Å². The maximum absolute atomic E-state index is 13.6. The molecule has 2 amide bonds. The summed E-state index contributed by atoms with van der Waals surface area (Å²) in [5, 5.41) is 1.74. The molecule has 5 heteroatoms. The summed E-state index contributed by atoms with van der Waals surface area (Å²) in [5.41, 5.74) is 4.52. The first-order valence-corrected chi connectivity index (χ1v) is 10.1. The number of anilines is 2. The molecule has 2 fully saturated rings. The quantitative estimate of drug-likeness (QED) is 0.616. The normalized spacial score (nSPS) is 23.2. The van der Waals surface area contributed by atoms with Gasteiger partial charge in [-0.05, 0) is 49.2 Å². The van der Waals surface area contributed by atoms with Crippen LogP contribution in [0.5, 0.6) is 0 Å². The number of imide groups is 1. The summed E-state index contributed by atoms with van der Waals surface area (Å²) < 4.78 is 0. The van der Waals surface area contributed by atoms with Gasteiger partial charge in [0.1, 0.15) is 5.92 Å². The molecule has 3 aromatic rings. The van der Waals surface area contributed by atoms with E-state index in [1.54, 1.807) is 5.06 Å². The molecule has 2 aliphatic rings. The molecule has 150 valence electrons. The lowest BCUT2D eigenvalue weighted by Crippen LogP contribution is -2.37. The molecule has 5 rings (SSSR count). The molecule has 2 aliphatic heterocycles. The van der Waals surface area contributed by atoms with Gasteiger partial charge in [-0.25, -0.2) is 9.96 Å². The Balaban J connectivity index is 1.60. The molecular formula is C25H22N2O3. The van der Waals surface area contributed by atoms with Gasteiger partial charge in [0.15, 0.2) is 6.10 Å². The van der Waals surface area contributed by atoms with Gasteiger partial charge < -0.3 is 0 Å². The monoisotopic (exact) mass is 398 g/mol. The minimum Gasteiger partial charge on any atom is -0.273 e. The number of aryl methyl sites for hydroxylation is 2. The highest BCUT2D eigenvalue weighted by atomic mass is 16.7. The van der Waals surface area contributed by atoms with E-state index in [1.165, 1.54) is 4.90 Å². The van der Waals surface area contributed by atoms with Crippen molar-refractivity contribution in [1.29, 1.82) is 0 Å². The second-order valence-electron chi connectivity index (χ2n) is 7.86. The van der Waals surface area contributed by atoms with Crippen molar-refractivity contribution in [3.8, 4) is 0 Å². The van der Waals surface area contributed by atoms with Crippen molar-refractivity contribution in [1.82, 2.24) is 0 Å². The molecule has 2 saturated heterocycles. The smallest absolute Gasteiger partial charge is 0.266 e. The van der Waals surface area contributed by atoms with E-state index in [1.807, 2.05) is 92.7 Å². The maximum Gasteiger partial charge on any atom is 0.266 e. The molecule has 0 N–H and O–H groups in total. The standard InChI is InChI=1S/C25H22N2O3/c1-16-12-14-18(15-13-16)26-24(28)21-22(20-11-7-6-8-17(20)2)27(30-23(21)25(26)29)19-9-4-3-5-10-19/h3-15,21-23H,1-2H3/t21-,22-,23+/m1/s1. The number of carbonyl (C=O) groups is 2. The molecule has 0 unspecified atom stereocenters. The summed E-state index contributed by atoms with van der Waals surface area (Å²) in [6, 6.07) is 24.6. The zero-order valence-electron chi connectivity index (χ0n) is 16.9. The van der Waals surface area contributed by atoms with Crippen molar-refractivity contribution in [2.45, 2.75) is 26.0 Å². The van der Waals surface area contributed by atoms with Gasteiger partial charge in [0, 0.05) is 0 Å². The maximum atomic E-state index is 13.6. The number of hydrogen-bond donors (Lipinski definition) is 0. The Morgan fingerprint density at radius 1 is 0.733 bits per heavy atom. The summed E-state index contributed by atoms with van der Waals surface area (Å²) in [6.07, 6.45) is -0.844. The Bertz CT molecular complexity index is 1110. The topological polar surface area (TPSA) is 49.9 Å². The van der Waals surface area contributed by atoms with E-state index in [-0.39, 0.29) is 17.9 Å². The largest absolute Gasteiger partial charge is 0.273 e. The fraction of sp³-hybridized carbons (Fsp3) is 0.200. The van der Waals surface area contributed by atoms with Crippen molar-refractivity contribution in [3.63, 3.8) is 0 Å². The first kappa shape index (κ1) is 18.6. The lowest BCUT2D eigenvalue weighted by molar-refractivity contribution is -0.126. The van der Waals surface area contributed by atoms with Gasteiger partial charge in [-0.15, -0.1) is 0 Å². The summed E-state index contributed by atoms with van der Waals surface area (Å²) >= 11 is 0. The van der Waals surface area contributed by atoms with Crippen LogP contribution < -0.4 is 9.96 Å². The number of para-hydroxylation sites is 1. The number of fused-ring (bicyclic) bond motifs is 1. The van der Waals surface area contributed by atoms with Crippen LogP contribution in [0.3, 0.4) is 0 Å². The third-order valence-corrected chi connectivity index (χ3v) is 5.93. The number of nitrogens with zero attached hydrogens (tertiary/aromatic N) is 2. The highest BCUT2D eigenvalue weighted by Crippen LogP contribution is 2.48.